The number of carbonyl (C=O) groups excluding carboxylic acids is 1. The number of hydrogen-bond donors (Lipinski definition) is 1. The molecule has 18 heavy (non-hydrogen) atoms. The van der Waals surface area contributed by atoms with Crippen molar-refractivity contribution in [3.05, 3.63) is 32.0 Å². The Morgan fingerprint density at radius 3 is 3.00 bits per heavy atom. The van der Waals surface area contributed by atoms with Gasteiger partial charge in [0.25, 0.3) is 0 Å². The summed E-state index contributed by atoms with van der Waals surface area (Å²) in [7, 11) is 0. The van der Waals surface area contributed by atoms with E-state index in [1.807, 2.05) is 25.4 Å². The number of halogens is 1. The first-order chi connectivity index (χ1) is 8.56. The molecule has 0 radical (unpaired) electrons. The van der Waals surface area contributed by atoms with Crippen LogP contribution in [-0.4, -0.2) is 20.7 Å². The van der Waals surface area contributed by atoms with Crippen molar-refractivity contribution in [3.8, 4) is 0 Å². The van der Waals surface area contributed by atoms with Crippen molar-refractivity contribution < 1.29 is 4.79 Å². The lowest BCUT2D eigenvalue weighted by Crippen LogP contribution is -2.30. The number of amides is 1. The van der Waals surface area contributed by atoms with Crippen LogP contribution in [0.4, 0.5) is 0 Å². The molecule has 0 fully saturated rings. The Bertz CT molecular complexity index is 551. The highest BCUT2D eigenvalue weighted by molar-refractivity contribution is 14.1. The molecule has 1 atom stereocenters. The molecule has 0 aliphatic heterocycles. The Labute approximate surface area is 123 Å². The summed E-state index contributed by atoms with van der Waals surface area (Å²) in [4.78, 5) is 16.2. The van der Waals surface area contributed by atoms with Gasteiger partial charge in [-0.3, -0.25) is 9.48 Å². The summed E-state index contributed by atoms with van der Waals surface area (Å²) in [5.74, 6) is -0.0554. The van der Waals surface area contributed by atoms with Crippen LogP contribution >= 0.6 is 33.9 Å². The third kappa shape index (κ3) is 3.29. The van der Waals surface area contributed by atoms with E-state index in [0.717, 1.165) is 14.3 Å². The highest BCUT2D eigenvalue weighted by Gasteiger charge is 2.15. The Hall–Kier alpha value is -0.960. The summed E-state index contributed by atoms with van der Waals surface area (Å²) in [6.45, 7) is 4.24. The van der Waals surface area contributed by atoms with Gasteiger partial charge in [0.1, 0.15) is 6.04 Å². The molecule has 1 N–H and O–H groups in total. The molecular formula is C11H13IN4OS. The number of carbonyl (C=O) groups is 1. The van der Waals surface area contributed by atoms with E-state index in [4.69, 9.17) is 0 Å². The number of rotatable bonds is 4. The van der Waals surface area contributed by atoms with Crippen LogP contribution in [0, 0.1) is 10.5 Å². The number of nitrogens with zero attached hydrogens (tertiary/aromatic N) is 3. The number of hydrogen-bond acceptors (Lipinski definition) is 4. The second-order valence-electron chi connectivity index (χ2n) is 3.89. The minimum atomic E-state index is -0.312. The highest BCUT2D eigenvalue weighted by Crippen LogP contribution is 2.10. The number of aromatic nitrogens is 3. The molecule has 0 bridgehead atoms. The summed E-state index contributed by atoms with van der Waals surface area (Å²) in [6, 6.07) is -0.312. The summed E-state index contributed by atoms with van der Waals surface area (Å²) in [6.07, 6.45) is 3.58. The Morgan fingerprint density at radius 1 is 1.67 bits per heavy atom. The molecule has 0 aliphatic carbocycles. The lowest BCUT2D eigenvalue weighted by atomic mass is 10.3. The average molecular weight is 376 g/mol. The van der Waals surface area contributed by atoms with Gasteiger partial charge in [0, 0.05) is 11.6 Å². The van der Waals surface area contributed by atoms with E-state index < -0.39 is 0 Å². The van der Waals surface area contributed by atoms with Crippen molar-refractivity contribution >= 4 is 39.8 Å². The van der Waals surface area contributed by atoms with Gasteiger partial charge in [0.15, 0.2) is 0 Å². The molecule has 2 heterocycles. The molecule has 96 valence electrons. The van der Waals surface area contributed by atoms with Gasteiger partial charge in [0.2, 0.25) is 5.91 Å². The van der Waals surface area contributed by atoms with E-state index >= 15 is 0 Å². The highest BCUT2D eigenvalue weighted by atomic mass is 127. The number of nitrogens with one attached hydrogen (secondary N) is 1. The van der Waals surface area contributed by atoms with Gasteiger partial charge >= 0.3 is 0 Å². The van der Waals surface area contributed by atoms with Crippen LogP contribution in [0.25, 0.3) is 0 Å². The van der Waals surface area contributed by atoms with Gasteiger partial charge < -0.3 is 5.32 Å². The van der Waals surface area contributed by atoms with Crippen LogP contribution in [-0.2, 0) is 11.3 Å². The van der Waals surface area contributed by atoms with Gasteiger partial charge in [0.05, 0.1) is 27.0 Å². The molecular weight excluding hydrogens is 363 g/mol. The SMILES string of the molecule is Cc1nc(CNC(=O)C(C)n2cc(I)cn2)cs1. The van der Waals surface area contributed by atoms with Crippen molar-refractivity contribution in [2.75, 3.05) is 0 Å². The number of aryl methyl sites for hydroxylation is 1. The maximum atomic E-state index is 11.9. The van der Waals surface area contributed by atoms with Crippen molar-refractivity contribution in [3.63, 3.8) is 0 Å². The van der Waals surface area contributed by atoms with Crippen molar-refractivity contribution in [2.45, 2.75) is 26.4 Å². The van der Waals surface area contributed by atoms with E-state index in [-0.39, 0.29) is 11.9 Å². The van der Waals surface area contributed by atoms with E-state index in [1.165, 1.54) is 0 Å². The zero-order chi connectivity index (χ0) is 13.1. The lowest BCUT2D eigenvalue weighted by molar-refractivity contribution is -0.124. The quantitative estimate of drug-likeness (QED) is 0.832. The normalized spacial score (nSPS) is 12.4. The summed E-state index contributed by atoms with van der Waals surface area (Å²) in [5.41, 5.74) is 0.896. The van der Waals surface area contributed by atoms with E-state index in [9.17, 15) is 4.79 Å². The zero-order valence-electron chi connectivity index (χ0n) is 10.1. The summed E-state index contributed by atoms with van der Waals surface area (Å²) in [5, 5.41) is 9.96. The summed E-state index contributed by atoms with van der Waals surface area (Å²) < 4.78 is 2.67. The predicted octanol–water partition coefficient (Wildman–Crippen LogP) is 2.13. The molecule has 0 saturated carbocycles. The minimum Gasteiger partial charge on any atom is -0.349 e. The third-order valence-electron chi connectivity index (χ3n) is 2.46. The first-order valence-corrected chi connectivity index (χ1v) is 7.40. The van der Waals surface area contributed by atoms with E-state index in [2.05, 4.69) is 38.0 Å². The van der Waals surface area contributed by atoms with Gasteiger partial charge in [-0.2, -0.15) is 5.10 Å². The molecule has 2 rings (SSSR count). The zero-order valence-corrected chi connectivity index (χ0v) is 13.0. The maximum absolute atomic E-state index is 11.9. The first-order valence-electron chi connectivity index (χ1n) is 5.44. The maximum Gasteiger partial charge on any atom is 0.244 e. The molecule has 0 aliphatic rings. The van der Waals surface area contributed by atoms with Crippen molar-refractivity contribution in [1.29, 1.82) is 0 Å². The standard InChI is InChI=1S/C11H13IN4OS/c1-7(16-5-9(12)3-14-16)11(17)13-4-10-6-18-8(2)15-10/h3,5-7H,4H2,1-2H3,(H,13,17). The van der Waals surface area contributed by atoms with Crippen LogP contribution in [0.3, 0.4) is 0 Å². The smallest absolute Gasteiger partial charge is 0.244 e. The van der Waals surface area contributed by atoms with E-state index in [1.54, 1.807) is 22.2 Å². The molecule has 0 spiro atoms. The molecule has 0 saturated heterocycles. The second kappa shape index (κ2) is 5.79. The van der Waals surface area contributed by atoms with Gasteiger partial charge in [-0.05, 0) is 36.4 Å². The molecule has 1 unspecified atom stereocenters. The van der Waals surface area contributed by atoms with Crippen LogP contribution in [0.2, 0.25) is 0 Å². The number of thiazole rings is 1. The van der Waals surface area contributed by atoms with Crippen LogP contribution in [0.15, 0.2) is 17.8 Å². The monoisotopic (exact) mass is 376 g/mol. The first kappa shape index (κ1) is 13.5. The van der Waals surface area contributed by atoms with Gasteiger partial charge in [-0.15, -0.1) is 11.3 Å². The molecule has 1 amide bonds. The van der Waals surface area contributed by atoms with Crippen molar-refractivity contribution in [1.82, 2.24) is 20.1 Å². The molecule has 2 aromatic rings. The Morgan fingerprint density at radius 2 is 2.44 bits per heavy atom. The van der Waals surface area contributed by atoms with Gasteiger partial charge in [-0.25, -0.2) is 4.98 Å². The van der Waals surface area contributed by atoms with Crippen molar-refractivity contribution in [2.24, 2.45) is 0 Å². The fourth-order valence-electron chi connectivity index (χ4n) is 1.46. The fourth-order valence-corrected chi connectivity index (χ4v) is 2.48. The van der Waals surface area contributed by atoms with E-state index in [0.29, 0.717) is 6.54 Å². The minimum absolute atomic E-state index is 0.0554. The topological polar surface area (TPSA) is 59.8 Å². The fraction of sp³-hybridized carbons (Fsp3) is 0.364. The third-order valence-corrected chi connectivity index (χ3v) is 3.84. The average Bonchev–Trinajstić information content (AvgIpc) is 2.94. The summed E-state index contributed by atoms with van der Waals surface area (Å²) >= 11 is 3.75. The van der Waals surface area contributed by atoms with Crippen LogP contribution < -0.4 is 5.32 Å². The molecule has 0 aromatic carbocycles. The molecule has 2 aromatic heterocycles. The molecule has 7 heteroatoms. The predicted molar refractivity (Wildman–Crippen MR) is 78.4 cm³/mol. The largest absolute Gasteiger partial charge is 0.349 e. The molecule has 5 nitrogen and oxygen atoms in total. The van der Waals surface area contributed by atoms with Gasteiger partial charge in [-0.1, -0.05) is 0 Å². The Balaban J connectivity index is 1.92. The second-order valence-corrected chi connectivity index (χ2v) is 6.20. The Kier molecular flexibility index (Phi) is 4.33. The lowest BCUT2D eigenvalue weighted by Gasteiger charge is -2.11. The van der Waals surface area contributed by atoms with Crippen LogP contribution in [0.5, 0.6) is 0 Å². The van der Waals surface area contributed by atoms with Crippen LogP contribution in [0.1, 0.15) is 23.7 Å².